The van der Waals surface area contributed by atoms with Crippen LogP contribution in [0.15, 0.2) is 48.5 Å². The minimum Gasteiger partial charge on any atom is -0.392 e. The van der Waals surface area contributed by atoms with Crippen LogP contribution < -0.4 is 0 Å². The topological polar surface area (TPSA) is 57.5 Å². The van der Waals surface area contributed by atoms with Crippen molar-refractivity contribution in [2.45, 2.75) is 25.6 Å². The Morgan fingerprint density at radius 2 is 1.76 bits per heavy atom. The molecular weight excluding hydrogens is 271 g/mol. The van der Waals surface area contributed by atoms with Gasteiger partial charge in [0.05, 0.1) is 12.7 Å². The highest BCUT2D eigenvalue weighted by Crippen LogP contribution is 2.22. The van der Waals surface area contributed by atoms with Crippen LogP contribution >= 0.6 is 0 Å². The number of aliphatic hydroxyl groups excluding tert-OH is 2. The van der Waals surface area contributed by atoms with Crippen LogP contribution in [-0.4, -0.2) is 16.0 Å². The van der Waals surface area contributed by atoms with E-state index in [0.29, 0.717) is 11.1 Å². The quantitative estimate of drug-likeness (QED) is 0.803. The zero-order valence-corrected chi connectivity index (χ0v) is 11.5. The molecule has 2 rings (SSSR count). The Labute approximate surface area is 122 Å². The number of aliphatic hydroxyl groups is 2. The Morgan fingerprint density at radius 1 is 1.10 bits per heavy atom. The minimum atomic E-state index is -1.02. The minimum absolute atomic E-state index is 0.0898. The van der Waals surface area contributed by atoms with Gasteiger partial charge in [-0.1, -0.05) is 42.5 Å². The van der Waals surface area contributed by atoms with Crippen LogP contribution in [0, 0.1) is 5.82 Å². The molecule has 2 aromatic rings. The number of ketones is 1. The molecule has 0 aliphatic carbocycles. The summed E-state index contributed by atoms with van der Waals surface area (Å²) in [7, 11) is 0. The third-order valence-corrected chi connectivity index (χ3v) is 3.40. The van der Waals surface area contributed by atoms with Crippen molar-refractivity contribution < 1.29 is 19.4 Å². The van der Waals surface area contributed by atoms with Gasteiger partial charge in [0.1, 0.15) is 5.82 Å². The van der Waals surface area contributed by atoms with E-state index in [1.165, 1.54) is 12.1 Å². The van der Waals surface area contributed by atoms with E-state index >= 15 is 0 Å². The number of benzene rings is 2. The lowest BCUT2D eigenvalue weighted by atomic mass is 9.97. The molecule has 0 saturated carbocycles. The smallest absolute Gasteiger partial charge is 0.163 e. The van der Waals surface area contributed by atoms with Crippen LogP contribution in [0.4, 0.5) is 4.39 Å². The summed E-state index contributed by atoms with van der Waals surface area (Å²) in [6.45, 7) is -0.211. The van der Waals surface area contributed by atoms with Gasteiger partial charge >= 0.3 is 0 Å². The highest BCUT2D eigenvalue weighted by atomic mass is 19.1. The molecule has 1 unspecified atom stereocenters. The molecule has 0 aliphatic rings. The molecule has 0 fully saturated rings. The van der Waals surface area contributed by atoms with Crippen LogP contribution in [0.25, 0.3) is 0 Å². The van der Waals surface area contributed by atoms with Crippen molar-refractivity contribution >= 4 is 5.78 Å². The number of rotatable bonds is 6. The molecule has 0 amide bonds. The van der Waals surface area contributed by atoms with Gasteiger partial charge in [0.15, 0.2) is 5.78 Å². The van der Waals surface area contributed by atoms with Gasteiger partial charge in [-0.15, -0.1) is 0 Å². The summed E-state index contributed by atoms with van der Waals surface area (Å²) in [5.41, 5.74) is 1.20. The van der Waals surface area contributed by atoms with Gasteiger partial charge in [-0.2, -0.15) is 0 Å². The fourth-order valence-electron chi connectivity index (χ4n) is 2.23. The maximum atomic E-state index is 13.5. The molecule has 0 heterocycles. The van der Waals surface area contributed by atoms with Gasteiger partial charge in [-0.05, 0) is 18.1 Å². The van der Waals surface area contributed by atoms with E-state index in [-0.39, 0.29) is 30.8 Å². The van der Waals surface area contributed by atoms with Crippen LogP contribution in [0.2, 0.25) is 0 Å². The van der Waals surface area contributed by atoms with E-state index in [1.807, 2.05) is 0 Å². The number of halogens is 1. The van der Waals surface area contributed by atoms with E-state index in [0.717, 1.165) is 0 Å². The summed E-state index contributed by atoms with van der Waals surface area (Å²) in [6.07, 6.45) is -0.789. The zero-order chi connectivity index (χ0) is 15.2. The van der Waals surface area contributed by atoms with Gasteiger partial charge in [0, 0.05) is 17.5 Å². The fraction of sp³-hybridized carbons (Fsp3) is 0.235. The van der Waals surface area contributed by atoms with Crippen molar-refractivity contribution in [3.8, 4) is 0 Å². The lowest BCUT2D eigenvalue weighted by Crippen LogP contribution is -2.07. The Bertz CT molecular complexity index is 625. The first-order chi connectivity index (χ1) is 10.1. The van der Waals surface area contributed by atoms with Crippen molar-refractivity contribution in [1.29, 1.82) is 0 Å². The molecule has 2 N–H and O–H groups in total. The molecule has 0 aromatic heterocycles. The maximum absolute atomic E-state index is 13.5. The second kappa shape index (κ2) is 7.11. The Hall–Kier alpha value is -2.04. The molecule has 3 nitrogen and oxygen atoms in total. The first-order valence-electron chi connectivity index (χ1n) is 6.78. The molecule has 0 aliphatic heterocycles. The van der Waals surface area contributed by atoms with Crippen molar-refractivity contribution in [3.05, 3.63) is 71.0 Å². The first-order valence-corrected chi connectivity index (χ1v) is 6.78. The molecule has 21 heavy (non-hydrogen) atoms. The molecular formula is C17H17FO3. The van der Waals surface area contributed by atoms with Gasteiger partial charge in [-0.25, -0.2) is 4.39 Å². The fourth-order valence-corrected chi connectivity index (χ4v) is 2.23. The largest absolute Gasteiger partial charge is 0.392 e. The van der Waals surface area contributed by atoms with E-state index in [9.17, 15) is 19.4 Å². The average molecular weight is 288 g/mol. The molecule has 0 radical (unpaired) electrons. The monoisotopic (exact) mass is 288 g/mol. The molecule has 4 heteroatoms. The molecule has 1 atom stereocenters. The normalized spacial score (nSPS) is 12.1. The van der Waals surface area contributed by atoms with Crippen molar-refractivity contribution in [2.24, 2.45) is 0 Å². The lowest BCUT2D eigenvalue weighted by Gasteiger charge is -2.12. The average Bonchev–Trinajstić information content (AvgIpc) is 2.52. The second-order valence-electron chi connectivity index (χ2n) is 4.81. The van der Waals surface area contributed by atoms with Gasteiger partial charge < -0.3 is 10.2 Å². The summed E-state index contributed by atoms with van der Waals surface area (Å²) in [5, 5.41) is 19.2. The van der Waals surface area contributed by atoms with Gasteiger partial charge in [0.2, 0.25) is 0 Å². The Morgan fingerprint density at radius 3 is 2.48 bits per heavy atom. The summed E-state index contributed by atoms with van der Waals surface area (Å²) in [4.78, 5) is 12.1. The number of Topliss-reactive ketones (excluding diaryl/α,β-unsaturated/α-hetero) is 1. The third kappa shape index (κ3) is 3.74. The van der Waals surface area contributed by atoms with Crippen LogP contribution in [0.3, 0.4) is 0 Å². The number of carbonyl (C=O) groups is 1. The number of carbonyl (C=O) groups excluding carboxylic acids is 1. The lowest BCUT2D eigenvalue weighted by molar-refractivity contribution is 0.0935. The summed E-state index contributed by atoms with van der Waals surface area (Å²) in [5.74, 6) is -0.650. The number of hydrogen-bond donors (Lipinski definition) is 2. The Kier molecular flexibility index (Phi) is 5.20. The van der Waals surface area contributed by atoms with E-state index in [1.54, 1.807) is 36.4 Å². The summed E-state index contributed by atoms with van der Waals surface area (Å²) in [6, 6.07) is 12.8. The predicted octanol–water partition coefficient (Wildman–Crippen LogP) is 3.01. The van der Waals surface area contributed by atoms with E-state index < -0.39 is 11.9 Å². The maximum Gasteiger partial charge on any atom is 0.163 e. The molecule has 0 saturated heterocycles. The van der Waals surface area contributed by atoms with Crippen LogP contribution in [0.5, 0.6) is 0 Å². The van der Waals surface area contributed by atoms with E-state index in [2.05, 4.69) is 0 Å². The second-order valence-corrected chi connectivity index (χ2v) is 4.81. The molecule has 110 valence electrons. The zero-order valence-electron chi connectivity index (χ0n) is 11.5. The first kappa shape index (κ1) is 15.4. The van der Waals surface area contributed by atoms with E-state index in [4.69, 9.17) is 0 Å². The molecule has 0 bridgehead atoms. The van der Waals surface area contributed by atoms with Crippen LogP contribution in [-0.2, 0) is 6.61 Å². The molecule has 0 spiro atoms. The standard InChI is InChI=1S/C17H17FO3/c18-15-8-4-3-7-14(15)17(21)10-9-16(20)13-6-2-1-5-12(13)11-19/h1-8,17,19,21H,9-11H2. The summed E-state index contributed by atoms with van der Waals surface area (Å²) < 4.78 is 13.5. The predicted molar refractivity (Wildman–Crippen MR) is 77.3 cm³/mol. The summed E-state index contributed by atoms with van der Waals surface area (Å²) >= 11 is 0. The highest BCUT2D eigenvalue weighted by molar-refractivity contribution is 5.97. The Balaban J connectivity index is 2.03. The van der Waals surface area contributed by atoms with Gasteiger partial charge in [-0.3, -0.25) is 4.79 Å². The van der Waals surface area contributed by atoms with Gasteiger partial charge in [0.25, 0.3) is 0 Å². The SMILES string of the molecule is O=C(CCC(O)c1ccccc1F)c1ccccc1CO. The van der Waals surface area contributed by atoms with Crippen LogP contribution in [0.1, 0.15) is 40.4 Å². The third-order valence-electron chi connectivity index (χ3n) is 3.40. The van der Waals surface area contributed by atoms with Crippen molar-refractivity contribution in [1.82, 2.24) is 0 Å². The van der Waals surface area contributed by atoms with Crippen molar-refractivity contribution in [2.75, 3.05) is 0 Å². The molecule has 2 aromatic carbocycles. The highest BCUT2D eigenvalue weighted by Gasteiger charge is 2.16. The number of hydrogen-bond acceptors (Lipinski definition) is 3. The van der Waals surface area contributed by atoms with Crippen molar-refractivity contribution in [3.63, 3.8) is 0 Å².